The second-order valence-electron chi connectivity index (χ2n) is 5.55. The summed E-state index contributed by atoms with van der Waals surface area (Å²) in [7, 11) is 1.31. The van der Waals surface area contributed by atoms with E-state index < -0.39 is 5.97 Å². The van der Waals surface area contributed by atoms with E-state index in [0.29, 0.717) is 28.5 Å². The number of halogens is 1. The van der Waals surface area contributed by atoms with E-state index in [2.05, 4.69) is 15.2 Å². The minimum absolute atomic E-state index is 0.307. The number of nitrogens with one attached hydrogen (secondary N) is 1. The standard InChI is InChI=1S/C19H16ClN3O3/c1-26-19(25)15-6-4-14(5-7-15)18(24)21-17-10-11-23(22-17)12-13-2-8-16(20)9-3-13/h2-11H,12H2,1H3,(H,21,22,24). The molecule has 0 saturated heterocycles. The van der Waals surface area contributed by atoms with Crippen molar-refractivity contribution in [2.45, 2.75) is 6.54 Å². The van der Waals surface area contributed by atoms with Crippen molar-refractivity contribution in [2.24, 2.45) is 0 Å². The van der Waals surface area contributed by atoms with Gasteiger partial charge in [-0.1, -0.05) is 23.7 Å². The normalized spacial score (nSPS) is 10.4. The Morgan fingerprint density at radius 1 is 1.04 bits per heavy atom. The van der Waals surface area contributed by atoms with E-state index in [9.17, 15) is 9.59 Å². The highest BCUT2D eigenvalue weighted by atomic mass is 35.5. The van der Waals surface area contributed by atoms with E-state index >= 15 is 0 Å². The van der Waals surface area contributed by atoms with Crippen LogP contribution in [0.4, 0.5) is 5.82 Å². The zero-order valence-electron chi connectivity index (χ0n) is 14.0. The van der Waals surface area contributed by atoms with Crippen LogP contribution in [0.15, 0.2) is 60.8 Å². The van der Waals surface area contributed by atoms with Gasteiger partial charge in [-0.15, -0.1) is 0 Å². The summed E-state index contributed by atoms with van der Waals surface area (Å²) in [5.41, 5.74) is 1.86. The lowest BCUT2D eigenvalue weighted by molar-refractivity contribution is 0.0600. The third-order valence-corrected chi connectivity index (χ3v) is 3.96. The minimum Gasteiger partial charge on any atom is -0.465 e. The molecule has 0 saturated carbocycles. The molecule has 1 N–H and O–H groups in total. The third-order valence-electron chi connectivity index (χ3n) is 3.71. The Balaban J connectivity index is 1.63. The SMILES string of the molecule is COC(=O)c1ccc(C(=O)Nc2ccn(Cc3ccc(Cl)cc3)n2)cc1. The Kier molecular flexibility index (Phi) is 5.34. The number of amides is 1. The van der Waals surface area contributed by atoms with Crippen molar-refractivity contribution in [2.75, 3.05) is 12.4 Å². The van der Waals surface area contributed by atoms with Gasteiger partial charge in [0.1, 0.15) is 0 Å². The summed E-state index contributed by atoms with van der Waals surface area (Å²) in [5, 5.41) is 7.74. The molecule has 3 aromatic rings. The number of hydrogen-bond donors (Lipinski definition) is 1. The first-order valence-corrected chi connectivity index (χ1v) is 8.20. The van der Waals surface area contributed by atoms with Gasteiger partial charge in [0.15, 0.2) is 5.82 Å². The molecule has 0 bridgehead atoms. The average Bonchev–Trinajstić information content (AvgIpc) is 3.10. The molecule has 0 aliphatic heterocycles. The molecule has 7 heteroatoms. The van der Waals surface area contributed by atoms with Crippen LogP contribution in [-0.2, 0) is 11.3 Å². The van der Waals surface area contributed by atoms with Gasteiger partial charge in [0.2, 0.25) is 0 Å². The second-order valence-corrected chi connectivity index (χ2v) is 5.98. The smallest absolute Gasteiger partial charge is 0.337 e. The molecule has 0 aliphatic carbocycles. The number of ether oxygens (including phenoxy) is 1. The topological polar surface area (TPSA) is 73.2 Å². The number of nitrogens with zero attached hydrogens (tertiary/aromatic N) is 2. The highest BCUT2D eigenvalue weighted by molar-refractivity contribution is 6.30. The molecule has 0 atom stereocenters. The van der Waals surface area contributed by atoms with Gasteiger partial charge in [-0.3, -0.25) is 9.48 Å². The van der Waals surface area contributed by atoms with E-state index in [1.165, 1.54) is 7.11 Å². The molecule has 0 radical (unpaired) electrons. The number of benzene rings is 2. The van der Waals surface area contributed by atoms with Crippen LogP contribution >= 0.6 is 11.6 Å². The van der Waals surface area contributed by atoms with Crippen LogP contribution in [-0.4, -0.2) is 28.8 Å². The molecule has 0 fully saturated rings. The molecule has 0 unspecified atom stereocenters. The summed E-state index contributed by atoms with van der Waals surface area (Å²) in [5.74, 6) is -0.308. The Morgan fingerprint density at radius 2 is 1.69 bits per heavy atom. The zero-order chi connectivity index (χ0) is 18.5. The van der Waals surface area contributed by atoms with E-state index in [1.54, 1.807) is 41.2 Å². The Morgan fingerprint density at radius 3 is 2.35 bits per heavy atom. The molecule has 1 amide bonds. The molecule has 3 rings (SSSR count). The average molecular weight is 370 g/mol. The first kappa shape index (κ1) is 17.7. The fourth-order valence-corrected chi connectivity index (χ4v) is 2.48. The van der Waals surface area contributed by atoms with Gasteiger partial charge in [-0.05, 0) is 42.0 Å². The predicted molar refractivity (Wildman–Crippen MR) is 98.5 cm³/mol. The maximum atomic E-state index is 12.3. The number of anilines is 1. The van der Waals surface area contributed by atoms with Crippen LogP contribution in [0.3, 0.4) is 0 Å². The molecule has 2 aromatic carbocycles. The summed E-state index contributed by atoms with van der Waals surface area (Å²) in [6, 6.07) is 15.4. The van der Waals surface area contributed by atoms with Crippen LogP contribution in [0.1, 0.15) is 26.3 Å². The van der Waals surface area contributed by atoms with Crippen LogP contribution in [0.2, 0.25) is 5.02 Å². The van der Waals surface area contributed by atoms with Gasteiger partial charge >= 0.3 is 5.97 Å². The fraction of sp³-hybridized carbons (Fsp3) is 0.105. The number of hydrogen-bond acceptors (Lipinski definition) is 4. The van der Waals surface area contributed by atoms with E-state index in [0.717, 1.165) is 5.56 Å². The second kappa shape index (κ2) is 7.84. The number of carbonyl (C=O) groups is 2. The van der Waals surface area contributed by atoms with Crippen LogP contribution in [0.5, 0.6) is 0 Å². The number of rotatable bonds is 5. The highest BCUT2D eigenvalue weighted by Crippen LogP contribution is 2.12. The molecule has 0 aliphatic rings. The lowest BCUT2D eigenvalue weighted by Gasteiger charge is -2.04. The quantitative estimate of drug-likeness (QED) is 0.697. The van der Waals surface area contributed by atoms with Gasteiger partial charge in [0, 0.05) is 22.8 Å². The van der Waals surface area contributed by atoms with Gasteiger partial charge < -0.3 is 10.1 Å². The first-order chi connectivity index (χ1) is 12.5. The van der Waals surface area contributed by atoms with Crippen molar-refractivity contribution in [1.82, 2.24) is 9.78 Å². The van der Waals surface area contributed by atoms with Crippen molar-refractivity contribution in [1.29, 1.82) is 0 Å². The molecular formula is C19H16ClN3O3. The molecule has 132 valence electrons. The summed E-state index contributed by atoms with van der Waals surface area (Å²) >= 11 is 5.87. The van der Waals surface area contributed by atoms with Gasteiger partial charge in [0.05, 0.1) is 19.2 Å². The van der Waals surface area contributed by atoms with Crippen LogP contribution in [0.25, 0.3) is 0 Å². The summed E-state index contributed by atoms with van der Waals surface area (Å²) in [6.45, 7) is 0.570. The number of carbonyl (C=O) groups excluding carboxylic acids is 2. The largest absolute Gasteiger partial charge is 0.465 e. The van der Waals surface area contributed by atoms with Crippen molar-refractivity contribution in [3.8, 4) is 0 Å². The zero-order valence-corrected chi connectivity index (χ0v) is 14.7. The molecule has 0 spiro atoms. The minimum atomic E-state index is -0.446. The lowest BCUT2D eigenvalue weighted by Crippen LogP contribution is -2.13. The molecule has 1 heterocycles. The van der Waals surface area contributed by atoms with Crippen molar-refractivity contribution < 1.29 is 14.3 Å². The van der Waals surface area contributed by atoms with E-state index in [1.807, 2.05) is 24.3 Å². The highest BCUT2D eigenvalue weighted by Gasteiger charge is 2.10. The summed E-state index contributed by atoms with van der Waals surface area (Å²) in [4.78, 5) is 23.7. The maximum Gasteiger partial charge on any atom is 0.337 e. The lowest BCUT2D eigenvalue weighted by atomic mass is 10.1. The van der Waals surface area contributed by atoms with Gasteiger partial charge in [-0.2, -0.15) is 5.10 Å². The van der Waals surface area contributed by atoms with E-state index in [4.69, 9.17) is 11.6 Å². The summed E-state index contributed by atoms with van der Waals surface area (Å²) in [6.07, 6.45) is 1.78. The molecule has 6 nitrogen and oxygen atoms in total. The van der Waals surface area contributed by atoms with Gasteiger partial charge in [-0.25, -0.2) is 4.79 Å². The third kappa shape index (κ3) is 4.29. The summed E-state index contributed by atoms with van der Waals surface area (Å²) < 4.78 is 6.35. The van der Waals surface area contributed by atoms with Gasteiger partial charge in [0.25, 0.3) is 5.91 Å². The molecule has 1 aromatic heterocycles. The monoisotopic (exact) mass is 369 g/mol. The first-order valence-electron chi connectivity index (χ1n) is 7.83. The van der Waals surface area contributed by atoms with Crippen LogP contribution in [0, 0.1) is 0 Å². The number of esters is 1. The van der Waals surface area contributed by atoms with E-state index in [-0.39, 0.29) is 5.91 Å². The van der Waals surface area contributed by atoms with Crippen molar-refractivity contribution >= 4 is 29.3 Å². The molecular weight excluding hydrogens is 354 g/mol. The van der Waals surface area contributed by atoms with Crippen molar-refractivity contribution in [3.63, 3.8) is 0 Å². The maximum absolute atomic E-state index is 12.3. The van der Waals surface area contributed by atoms with Crippen LogP contribution < -0.4 is 5.32 Å². The predicted octanol–water partition coefficient (Wildman–Crippen LogP) is 3.62. The molecule has 26 heavy (non-hydrogen) atoms. The Labute approximate surface area is 155 Å². The Bertz CT molecular complexity index is 918. The number of aromatic nitrogens is 2. The fourth-order valence-electron chi connectivity index (χ4n) is 2.36. The van der Waals surface area contributed by atoms with Crippen molar-refractivity contribution in [3.05, 3.63) is 82.5 Å². The number of methoxy groups -OCH3 is 1. The Hall–Kier alpha value is -3.12.